The minimum absolute atomic E-state index is 0.113. The summed E-state index contributed by atoms with van der Waals surface area (Å²) in [5, 5.41) is 2.36. The van der Waals surface area contributed by atoms with Crippen LogP contribution >= 0.6 is 0 Å². The molecule has 0 saturated carbocycles. The molecule has 0 bridgehead atoms. The smallest absolute Gasteiger partial charge is 0.418 e. The molecule has 1 N–H and O–H groups in total. The van der Waals surface area contributed by atoms with Gasteiger partial charge in [-0.15, -0.1) is 0 Å². The largest absolute Gasteiger partial charge is 0.473 e. The van der Waals surface area contributed by atoms with E-state index < -0.39 is 17.8 Å². The third-order valence-electron chi connectivity index (χ3n) is 4.03. The molecule has 2 heterocycles. The number of nitrogens with one attached hydrogen (secondary N) is 1. The number of urea groups is 1. The van der Waals surface area contributed by atoms with Crippen LogP contribution in [0.25, 0.3) is 0 Å². The second-order valence-electron chi connectivity index (χ2n) is 5.82. The number of likely N-dealkylation sites (tertiary alicyclic amines) is 1. The van der Waals surface area contributed by atoms with Crippen molar-refractivity contribution < 1.29 is 22.7 Å². The zero-order valence-corrected chi connectivity index (χ0v) is 13.7. The first-order valence-corrected chi connectivity index (χ1v) is 8.08. The Morgan fingerprint density at radius 1 is 1.19 bits per heavy atom. The van der Waals surface area contributed by atoms with Gasteiger partial charge in [0.05, 0.1) is 17.4 Å². The first kappa shape index (κ1) is 18.0. The number of benzene rings is 1. The lowest BCUT2D eigenvalue weighted by Gasteiger charge is -2.32. The van der Waals surface area contributed by atoms with Gasteiger partial charge in [0, 0.05) is 38.3 Å². The van der Waals surface area contributed by atoms with Gasteiger partial charge < -0.3 is 15.0 Å². The summed E-state index contributed by atoms with van der Waals surface area (Å²) < 4.78 is 44.7. The number of carbonyl (C=O) groups is 1. The van der Waals surface area contributed by atoms with E-state index in [1.54, 1.807) is 6.20 Å². The number of anilines is 1. The summed E-state index contributed by atoms with van der Waals surface area (Å²) in [5.74, 6) is 0.412. The summed E-state index contributed by atoms with van der Waals surface area (Å²) in [5.41, 5.74) is -1.11. The summed E-state index contributed by atoms with van der Waals surface area (Å²) in [6, 6.07) is 4.36. The third-order valence-corrected chi connectivity index (χ3v) is 4.03. The molecule has 1 aromatic heterocycles. The third kappa shape index (κ3) is 4.41. The SMILES string of the molecule is O=C(Nc1ccccc1C(F)(F)F)N1CCC(Oc2cnccn2)CC1. The molecule has 1 saturated heterocycles. The number of aromatic nitrogens is 2. The lowest BCUT2D eigenvalue weighted by Crippen LogP contribution is -2.44. The molecule has 0 spiro atoms. The van der Waals surface area contributed by atoms with Crippen molar-refractivity contribution in [3.05, 3.63) is 48.4 Å². The number of ether oxygens (including phenoxy) is 1. The predicted octanol–water partition coefficient (Wildman–Crippen LogP) is 3.57. The molecule has 2 amide bonds. The standard InChI is InChI=1S/C17H17F3N4O2/c18-17(19,20)13-3-1-2-4-14(13)23-16(25)24-9-5-12(6-10-24)26-15-11-21-7-8-22-15/h1-4,7-8,11-12H,5-6,9-10H2,(H,23,25). The number of hydrogen-bond acceptors (Lipinski definition) is 4. The molecule has 6 nitrogen and oxygen atoms in total. The van der Waals surface area contributed by atoms with Crippen LogP contribution in [0.1, 0.15) is 18.4 Å². The zero-order valence-electron chi connectivity index (χ0n) is 13.7. The van der Waals surface area contributed by atoms with Crippen LogP contribution < -0.4 is 10.1 Å². The van der Waals surface area contributed by atoms with Gasteiger partial charge in [-0.05, 0) is 12.1 Å². The summed E-state index contributed by atoms with van der Waals surface area (Å²) in [7, 11) is 0. The average Bonchev–Trinajstić information content (AvgIpc) is 2.63. The number of rotatable bonds is 3. The molecule has 138 valence electrons. The molecule has 0 atom stereocenters. The number of piperidine rings is 1. The Kier molecular flexibility index (Phi) is 5.24. The van der Waals surface area contributed by atoms with E-state index in [1.807, 2.05) is 0 Å². The monoisotopic (exact) mass is 366 g/mol. The van der Waals surface area contributed by atoms with E-state index in [9.17, 15) is 18.0 Å². The van der Waals surface area contributed by atoms with Crippen LogP contribution in [0.15, 0.2) is 42.9 Å². The van der Waals surface area contributed by atoms with Crippen molar-refractivity contribution in [1.82, 2.24) is 14.9 Å². The Balaban J connectivity index is 1.56. The summed E-state index contributed by atoms with van der Waals surface area (Å²) in [6.45, 7) is 0.760. The van der Waals surface area contributed by atoms with E-state index in [2.05, 4.69) is 15.3 Å². The lowest BCUT2D eigenvalue weighted by atomic mass is 10.1. The highest BCUT2D eigenvalue weighted by atomic mass is 19.4. The quantitative estimate of drug-likeness (QED) is 0.902. The Morgan fingerprint density at radius 2 is 1.92 bits per heavy atom. The van der Waals surface area contributed by atoms with Crippen molar-refractivity contribution in [3.8, 4) is 5.88 Å². The molecular formula is C17H17F3N4O2. The summed E-state index contributed by atoms with van der Waals surface area (Å²) in [6.07, 6.45) is 1.05. The van der Waals surface area contributed by atoms with Gasteiger partial charge in [-0.3, -0.25) is 4.98 Å². The maximum absolute atomic E-state index is 13.0. The highest BCUT2D eigenvalue weighted by molar-refractivity contribution is 5.90. The minimum Gasteiger partial charge on any atom is -0.473 e. The zero-order chi connectivity index (χ0) is 18.6. The maximum atomic E-state index is 13.0. The van der Waals surface area contributed by atoms with Crippen molar-refractivity contribution >= 4 is 11.7 Å². The van der Waals surface area contributed by atoms with Gasteiger partial charge in [0.25, 0.3) is 0 Å². The Bertz CT molecular complexity index is 747. The summed E-state index contributed by atoms with van der Waals surface area (Å²) in [4.78, 5) is 21.7. The number of hydrogen-bond donors (Lipinski definition) is 1. The maximum Gasteiger partial charge on any atom is 0.418 e. The molecule has 0 aliphatic carbocycles. The fourth-order valence-corrected chi connectivity index (χ4v) is 2.73. The molecule has 9 heteroatoms. The molecule has 3 rings (SSSR count). The number of halogens is 3. The average molecular weight is 366 g/mol. The summed E-state index contributed by atoms with van der Waals surface area (Å²) >= 11 is 0. The minimum atomic E-state index is -4.53. The Hall–Kier alpha value is -2.84. The molecule has 1 fully saturated rings. The number of carbonyl (C=O) groups excluding carboxylic acids is 1. The van der Waals surface area contributed by atoms with Crippen LogP contribution in [0.5, 0.6) is 5.88 Å². The van der Waals surface area contributed by atoms with Gasteiger partial charge in [-0.1, -0.05) is 12.1 Å². The number of nitrogens with zero attached hydrogens (tertiary/aromatic N) is 3. The molecule has 0 radical (unpaired) electrons. The van der Waals surface area contributed by atoms with E-state index in [-0.39, 0.29) is 11.8 Å². The van der Waals surface area contributed by atoms with Crippen molar-refractivity contribution in [1.29, 1.82) is 0 Å². The Labute approximate surface area is 148 Å². The van der Waals surface area contributed by atoms with Crippen molar-refractivity contribution in [2.75, 3.05) is 18.4 Å². The molecule has 1 aliphatic rings. The fraction of sp³-hybridized carbons (Fsp3) is 0.353. The normalized spacial score (nSPS) is 15.6. The lowest BCUT2D eigenvalue weighted by molar-refractivity contribution is -0.136. The van der Waals surface area contributed by atoms with Crippen LogP contribution in [-0.2, 0) is 6.18 Å². The predicted molar refractivity (Wildman–Crippen MR) is 87.7 cm³/mol. The van der Waals surface area contributed by atoms with Crippen molar-refractivity contribution in [2.45, 2.75) is 25.1 Å². The van der Waals surface area contributed by atoms with Crippen LogP contribution in [0.4, 0.5) is 23.7 Å². The second-order valence-corrected chi connectivity index (χ2v) is 5.82. The molecule has 1 aliphatic heterocycles. The first-order valence-electron chi connectivity index (χ1n) is 8.08. The Morgan fingerprint density at radius 3 is 2.58 bits per heavy atom. The topological polar surface area (TPSA) is 67.4 Å². The van der Waals surface area contributed by atoms with Gasteiger partial charge >= 0.3 is 12.2 Å². The first-order chi connectivity index (χ1) is 12.4. The van der Waals surface area contributed by atoms with E-state index in [0.717, 1.165) is 6.07 Å². The molecular weight excluding hydrogens is 349 g/mol. The van der Waals surface area contributed by atoms with Crippen molar-refractivity contribution in [2.24, 2.45) is 0 Å². The van der Waals surface area contributed by atoms with Gasteiger partial charge in [0.15, 0.2) is 0 Å². The van der Waals surface area contributed by atoms with Gasteiger partial charge in [-0.2, -0.15) is 13.2 Å². The number of para-hydroxylation sites is 1. The van der Waals surface area contributed by atoms with E-state index >= 15 is 0 Å². The van der Waals surface area contributed by atoms with Gasteiger partial charge in [-0.25, -0.2) is 9.78 Å². The molecule has 1 aromatic carbocycles. The number of alkyl halides is 3. The molecule has 0 unspecified atom stereocenters. The van der Waals surface area contributed by atoms with E-state index in [4.69, 9.17) is 4.74 Å². The van der Waals surface area contributed by atoms with Crippen LogP contribution in [0.3, 0.4) is 0 Å². The van der Waals surface area contributed by atoms with Crippen molar-refractivity contribution in [3.63, 3.8) is 0 Å². The van der Waals surface area contributed by atoms with E-state index in [0.29, 0.717) is 31.8 Å². The van der Waals surface area contributed by atoms with Crippen LogP contribution in [0, 0.1) is 0 Å². The molecule has 26 heavy (non-hydrogen) atoms. The number of amides is 2. The molecule has 2 aromatic rings. The second kappa shape index (κ2) is 7.59. The highest BCUT2D eigenvalue weighted by Crippen LogP contribution is 2.34. The highest BCUT2D eigenvalue weighted by Gasteiger charge is 2.34. The van der Waals surface area contributed by atoms with Crippen LogP contribution in [0.2, 0.25) is 0 Å². The fourth-order valence-electron chi connectivity index (χ4n) is 2.73. The van der Waals surface area contributed by atoms with Gasteiger partial charge in [0.2, 0.25) is 5.88 Å². The van der Waals surface area contributed by atoms with Gasteiger partial charge in [0.1, 0.15) is 6.10 Å². The van der Waals surface area contributed by atoms with Crippen LogP contribution in [-0.4, -0.2) is 40.1 Å². The van der Waals surface area contributed by atoms with E-state index in [1.165, 1.54) is 35.5 Å².